The van der Waals surface area contributed by atoms with Crippen LogP contribution in [0.4, 0.5) is 5.69 Å². The minimum absolute atomic E-state index is 0.0166. The van der Waals surface area contributed by atoms with Gasteiger partial charge in [-0.1, -0.05) is 23.8 Å². The largest absolute Gasteiger partial charge is 0.375 e. The molecular weight excluding hydrogens is 326 g/mol. The van der Waals surface area contributed by atoms with Crippen LogP contribution in [0.5, 0.6) is 0 Å². The molecule has 0 radical (unpaired) electrons. The lowest BCUT2D eigenvalue weighted by molar-refractivity contribution is -0.119. The van der Waals surface area contributed by atoms with Crippen LogP contribution in [-0.2, 0) is 9.53 Å². The van der Waals surface area contributed by atoms with Gasteiger partial charge in [-0.05, 0) is 37.5 Å². The first-order valence-electron chi connectivity index (χ1n) is 7.96. The minimum atomic E-state index is -0.200. The molecule has 0 bridgehead atoms. The number of hydrogen-bond acceptors (Lipinski definition) is 3. The summed E-state index contributed by atoms with van der Waals surface area (Å²) in [5, 5.41) is 3.42. The van der Waals surface area contributed by atoms with Crippen molar-refractivity contribution in [1.29, 1.82) is 0 Å². The number of methoxy groups -OCH3 is 1. The molecule has 1 aliphatic carbocycles. The highest BCUT2D eigenvalue weighted by molar-refractivity contribution is 6.32. The van der Waals surface area contributed by atoms with Crippen molar-refractivity contribution in [1.82, 2.24) is 9.55 Å². The Kier molecular flexibility index (Phi) is 5.33. The van der Waals surface area contributed by atoms with E-state index >= 15 is 0 Å². The normalized spacial score (nSPS) is 17.0. The molecule has 1 aromatic heterocycles. The van der Waals surface area contributed by atoms with E-state index in [2.05, 4.69) is 22.5 Å². The van der Waals surface area contributed by atoms with Crippen LogP contribution in [0.3, 0.4) is 0 Å². The predicted octanol–water partition coefficient (Wildman–Crippen LogP) is 3.93. The number of carbonyl (C=O) groups excluding carboxylic acids is 1. The first kappa shape index (κ1) is 16.7. The molecule has 1 N–H and O–H groups in total. The van der Waals surface area contributed by atoms with Crippen LogP contribution in [-0.4, -0.2) is 29.2 Å². The number of rotatable bonds is 5. The molecule has 0 fully saturated rings. The van der Waals surface area contributed by atoms with Crippen LogP contribution >= 0.6 is 11.6 Å². The summed E-state index contributed by atoms with van der Waals surface area (Å²) >= 11 is 6.40. The van der Waals surface area contributed by atoms with Gasteiger partial charge in [-0.15, -0.1) is 0 Å². The molecular formula is C18H20ClN3O2. The van der Waals surface area contributed by atoms with Gasteiger partial charge >= 0.3 is 0 Å². The summed E-state index contributed by atoms with van der Waals surface area (Å²) in [6, 6.07) is 5.42. The molecule has 0 saturated carbocycles. The van der Waals surface area contributed by atoms with Crippen molar-refractivity contribution < 1.29 is 9.53 Å². The van der Waals surface area contributed by atoms with Gasteiger partial charge in [0.15, 0.2) is 0 Å². The zero-order valence-electron chi connectivity index (χ0n) is 13.5. The second-order valence-electron chi connectivity index (χ2n) is 5.78. The number of imidazole rings is 1. The van der Waals surface area contributed by atoms with Crippen LogP contribution in [0.1, 0.15) is 31.0 Å². The second-order valence-corrected chi connectivity index (χ2v) is 6.19. The summed E-state index contributed by atoms with van der Waals surface area (Å²) in [6.07, 6.45) is 11.3. The second kappa shape index (κ2) is 7.64. The number of aromatic nitrogens is 2. The van der Waals surface area contributed by atoms with Crippen LogP contribution < -0.4 is 5.32 Å². The highest BCUT2D eigenvalue weighted by atomic mass is 35.5. The monoisotopic (exact) mass is 345 g/mol. The van der Waals surface area contributed by atoms with E-state index in [4.69, 9.17) is 16.3 Å². The number of benzene rings is 1. The topological polar surface area (TPSA) is 56.1 Å². The first-order valence-corrected chi connectivity index (χ1v) is 8.34. The Balaban J connectivity index is 1.90. The van der Waals surface area contributed by atoms with E-state index in [0.29, 0.717) is 16.6 Å². The van der Waals surface area contributed by atoms with E-state index in [1.165, 1.54) is 7.11 Å². The summed E-state index contributed by atoms with van der Waals surface area (Å²) in [5.41, 5.74) is 1.49. The van der Waals surface area contributed by atoms with Gasteiger partial charge in [0, 0.05) is 31.1 Å². The van der Waals surface area contributed by atoms with Crippen molar-refractivity contribution >= 4 is 23.2 Å². The Morgan fingerprint density at radius 3 is 3.08 bits per heavy atom. The molecule has 0 aliphatic heterocycles. The lowest BCUT2D eigenvalue weighted by Gasteiger charge is -2.20. The van der Waals surface area contributed by atoms with E-state index in [1.54, 1.807) is 18.3 Å². The lowest BCUT2D eigenvalue weighted by atomic mass is 9.93. The number of nitrogens with zero attached hydrogens (tertiary/aromatic N) is 2. The number of amides is 1. The number of anilines is 1. The van der Waals surface area contributed by atoms with Gasteiger partial charge in [0.1, 0.15) is 12.4 Å². The van der Waals surface area contributed by atoms with Gasteiger partial charge in [0.05, 0.1) is 10.7 Å². The summed E-state index contributed by atoms with van der Waals surface area (Å²) in [5.74, 6) is 1.18. The Hall–Kier alpha value is -2.11. The SMILES string of the molecule is COCC(=O)Nc1ccc(Cl)c(-n2ccnc2[C@H]2CC=CCC2)c1. The fraction of sp³-hybridized carbons (Fsp3) is 0.333. The highest BCUT2D eigenvalue weighted by Crippen LogP contribution is 2.32. The Labute approximate surface area is 146 Å². The third-order valence-corrected chi connectivity index (χ3v) is 4.39. The molecule has 1 amide bonds. The zero-order valence-corrected chi connectivity index (χ0v) is 14.3. The third-order valence-electron chi connectivity index (χ3n) is 4.07. The maximum Gasteiger partial charge on any atom is 0.250 e. The van der Waals surface area contributed by atoms with E-state index in [-0.39, 0.29) is 12.5 Å². The molecule has 3 rings (SSSR count). The van der Waals surface area contributed by atoms with Crippen molar-refractivity contribution in [3.8, 4) is 5.69 Å². The maximum atomic E-state index is 11.7. The molecule has 0 saturated heterocycles. The van der Waals surface area contributed by atoms with Crippen LogP contribution in [0.15, 0.2) is 42.7 Å². The highest BCUT2D eigenvalue weighted by Gasteiger charge is 2.19. The number of halogens is 1. The lowest BCUT2D eigenvalue weighted by Crippen LogP contribution is -2.17. The van der Waals surface area contributed by atoms with Gasteiger partial charge in [-0.2, -0.15) is 0 Å². The molecule has 5 nitrogen and oxygen atoms in total. The number of hydrogen-bond donors (Lipinski definition) is 1. The first-order chi connectivity index (χ1) is 11.7. The number of allylic oxidation sites excluding steroid dienone is 2. The molecule has 24 heavy (non-hydrogen) atoms. The Morgan fingerprint density at radius 1 is 1.46 bits per heavy atom. The fourth-order valence-electron chi connectivity index (χ4n) is 2.95. The van der Waals surface area contributed by atoms with Crippen LogP contribution in [0.25, 0.3) is 5.69 Å². The standard InChI is InChI=1S/C18H20ClN3O2/c1-24-12-17(23)21-14-7-8-15(19)16(11-14)22-10-9-20-18(22)13-5-3-2-4-6-13/h2-3,7-11,13H,4-6,12H2,1H3,(H,21,23)/t13-/m0/s1. The smallest absolute Gasteiger partial charge is 0.250 e. The maximum absolute atomic E-state index is 11.7. The average Bonchev–Trinajstić information content (AvgIpc) is 3.07. The molecule has 126 valence electrons. The summed E-state index contributed by atoms with van der Waals surface area (Å²) < 4.78 is 6.85. The van der Waals surface area contributed by atoms with Crippen molar-refractivity contribution in [3.05, 3.63) is 53.6 Å². The van der Waals surface area contributed by atoms with E-state index in [1.807, 2.05) is 16.8 Å². The Bertz CT molecular complexity index is 754. The van der Waals surface area contributed by atoms with Crippen molar-refractivity contribution in [2.24, 2.45) is 0 Å². The van der Waals surface area contributed by atoms with Gasteiger partial charge in [0.2, 0.25) is 5.91 Å². The zero-order chi connectivity index (χ0) is 16.9. The van der Waals surface area contributed by atoms with Crippen LogP contribution in [0, 0.1) is 0 Å². The van der Waals surface area contributed by atoms with Crippen molar-refractivity contribution in [2.75, 3.05) is 19.0 Å². The van der Waals surface area contributed by atoms with Gasteiger partial charge in [-0.3, -0.25) is 4.79 Å². The molecule has 1 atom stereocenters. The minimum Gasteiger partial charge on any atom is -0.375 e. The molecule has 2 aromatic rings. The third kappa shape index (κ3) is 3.68. The predicted molar refractivity (Wildman–Crippen MR) is 94.8 cm³/mol. The number of carbonyl (C=O) groups is 1. The van der Waals surface area contributed by atoms with E-state index < -0.39 is 0 Å². The fourth-order valence-corrected chi connectivity index (χ4v) is 3.16. The number of nitrogens with one attached hydrogen (secondary N) is 1. The summed E-state index contributed by atoms with van der Waals surface area (Å²) in [4.78, 5) is 16.3. The molecule has 1 aromatic carbocycles. The molecule has 1 heterocycles. The molecule has 1 aliphatic rings. The quantitative estimate of drug-likeness (QED) is 0.835. The van der Waals surface area contributed by atoms with E-state index in [9.17, 15) is 4.79 Å². The summed E-state index contributed by atoms with van der Waals surface area (Å²) in [6.45, 7) is 0.0166. The van der Waals surface area contributed by atoms with Gasteiger partial charge < -0.3 is 14.6 Å². The average molecular weight is 346 g/mol. The Morgan fingerprint density at radius 2 is 2.33 bits per heavy atom. The van der Waals surface area contributed by atoms with Gasteiger partial charge in [0.25, 0.3) is 0 Å². The van der Waals surface area contributed by atoms with Crippen molar-refractivity contribution in [3.63, 3.8) is 0 Å². The van der Waals surface area contributed by atoms with Gasteiger partial charge in [-0.25, -0.2) is 4.98 Å². The van der Waals surface area contributed by atoms with E-state index in [0.717, 1.165) is 30.8 Å². The molecule has 0 unspecified atom stereocenters. The molecule has 0 spiro atoms. The molecule has 6 heteroatoms. The number of ether oxygens (including phenoxy) is 1. The van der Waals surface area contributed by atoms with Crippen LogP contribution in [0.2, 0.25) is 5.02 Å². The summed E-state index contributed by atoms with van der Waals surface area (Å²) in [7, 11) is 1.49. The van der Waals surface area contributed by atoms with Crippen molar-refractivity contribution in [2.45, 2.75) is 25.2 Å².